The minimum atomic E-state index is -3.71. The van der Waals surface area contributed by atoms with Gasteiger partial charge in [0.05, 0.1) is 18.7 Å². The molecule has 240 valence electrons. The molecule has 0 bridgehead atoms. The Morgan fingerprint density at radius 2 is 1.16 bits per heavy atom. The zero-order valence-electron chi connectivity index (χ0n) is 25.3. The Bertz CT molecular complexity index is 1170. The third-order valence-electron chi connectivity index (χ3n) is 8.09. The molecule has 1 saturated heterocycles. The summed E-state index contributed by atoms with van der Waals surface area (Å²) < 4.78 is 29.9. The van der Waals surface area contributed by atoms with Gasteiger partial charge in [0.1, 0.15) is 12.2 Å². The van der Waals surface area contributed by atoms with Crippen LogP contribution in [0.25, 0.3) is 0 Å². The number of benzene rings is 2. The number of carbonyl (C=O) groups is 1. The summed E-state index contributed by atoms with van der Waals surface area (Å²) in [5.41, 5.74) is 1.95. The first kappa shape index (κ1) is 34.9. The summed E-state index contributed by atoms with van der Waals surface area (Å²) in [7, 11) is -2.41. The van der Waals surface area contributed by atoms with Gasteiger partial charge in [0.25, 0.3) is 0 Å². The third kappa shape index (κ3) is 11.2. The number of hydrogen-bond donors (Lipinski definition) is 4. The molecule has 43 heavy (non-hydrogen) atoms. The topological polar surface area (TPSA) is 140 Å². The molecule has 2 aromatic rings. The van der Waals surface area contributed by atoms with Crippen molar-refractivity contribution in [1.82, 2.24) is 14.5 Å². The summed E-state index contributed by atoms with van der Waals surface area (Å²) in [5, 5.41) is 32.5. The Balaban J connectivity index is 1.81. The summed E-state index contributed by atoms with van der Waals surface area (Å²) in [4.78, 5) is 17.9. The van der Waals surface area contributed by atoms with E-state index in [1.807, 2.05) is 60.7 Å². The molecule has 0 aliphatic carbocycles. The van der Waals surface area contributed by atoms with Crippen LogP contribution in [0.5, 0.6) is 0 Å². The highest BCUT2D eigenvalue weighted by Crippen LogP contribution is 2.28. The minimum Gasteiger partial charge on any atom is -0.396 e. The van der Waals surface area contributed by atoms with Crippen LogP contribution < -0.4 is 4.72 Å². The monoisotopic (exact) mass is 619 g/mol. The van der Waals surface area contributed by atoms with Gasteiger partial charge in [-0.2, -0.15) is 13.1 Å². The quantitative estimate of drug-likeness (QED) is 0.177. The average Bonchev–Trinajstić information content (AvgIpc) is 3.08. The zero-order valence-corrected chi connectivity index (χ0v) is 26.1. The molecular weight excluding hydrogens is 570 g/mol. The van der Waals surface area contributed by atoms with Crippen LogP contribution in [0.2, 0.25) is 0 Å². The number of nitrogens with zero attached hydrogens (tertiary/aromatic N) is 2. The third-order valence-corrected chi connectivity index (χ3v) is 9.07. The van der Waals surface area contributed by atoms with Gasteiger partial charge in [0.15, 0.2) is 0 Å². The molecule has 3 rings (SSSR count). The number of amides is 2. The fourth-order valence-electron chi connectivity index (χ4n) is 5.68. The normalized spacial score (nSPS) is 21.3. The summed E-state index contributed by atoms with van der Waals surface area (Å²) in [6, 6.07) is 18.0. The molecule has 0 spiro atoms. The van der Waals surface area contributed by atoms with Crippen molar-refractivity contribution in [3.63, 3.8) is 0 Å². The molecule has 2 aromatic carbocycles. The molecule has 1 aliphatic heterocycles. The number of urea groups is 1. The van der Waals surface area contributed by atoms with E-state index in [4.69, 9.17) is 4.18 Å². The number of aliphatic hydroxyl groups excluding tert-OH is 3. The molecule has 1 heterocycles. The highest BCUT2D eigenvalue weighted by atomic mass is 32.2. The van der Waals surface area contributed by atoms with Crippen LogP contribution in [-0.4, -0.2) is 97.2 Å². The van der Waals surface area contributed by atoms with Gasteiger partial charge in [-0.15, -0.1) is 0 Å². The van der Waals surface area contributed by atoms with Gasteiger partial charge < -0.3 is 25.1 Å². The van der Waals surface area contributed by atoms with Crippen molar-refractivity contribution in [2.75, 3.05) is 33.4 Å². The molecular formula is C32H49N3O7S. The maximum atomic E-state index is 14.4. The van der Waals surface area contributed by atoms with Crippen LogP contribution >= 0.6 is 0 Å². The Labute approximate surface area is 256 Å². The molecule has 2 amide bonds. The Hall–Kier alpha value is -2.54. The molecule has 0 saturated carbocycles. The largest absolute Gasteiger partial charge is 0.396 e. The number of aliphatic hydroxyl groups is 3. The van der Waals surface area contributed by atoms with Gasteiger partial charge in [-0.1, -0.05) is 86.3 Å². The lowest BCUT2D eigenvalue weighted by atomic mass is 9.91. The Morgan fingerprint density at radius 3 is 1.60 bits per heavy atom. The lowest BCUT2D eigenvalue weighted by molar-refractivity contribution is -0.0396. The van der Waals surface area contributed by atoms with Crippen LogP contribution in [0, 0.1) is 0 Å². The molecule has 1 fully saturated rings. The molecule has 4 atom stereocenters. The van der Waals surface area contributed by atoms with Gasteiger partial charge in [0, 0.05) is 26.7 Å². The van der Waals surface area contributed by atoms with E-state index in [1.165, 1.54) is 7.05 Å². The van der Waals surface area contributed by atoms with Gasteiger partial charge in [-0.3, -0.25) is 4.18 Å². The molecule has 10 nitrogen and oxygen atoms in total. The predicted molar refractivity (Wildman–Crippen MR) is 167 cm³/mol. The number of rotatable bonds is 19. The molecule has 11 heteroatoms. The van der Waals surface area contributed by atoms with Crippen LogP contribution in [0.3, 0.4) is 0 Å². The van der Waals surface area contributed by atoms with Crippen LogP contribution in [0.15, 0.2) is 60.7 Å². The maximum Gasteiger partial charge on any atom is 0.335 e. The fraction of sp³-hybridized carbons (Fsp3) is 0.594. The van der Waals surface area contributed by atoms with E-state index >= 15 is 0 Å². The van der Waals surface area contributed by atoms with E-state index in [2.05, 4.69) is 4.72 Å². The van der Waals surface area contributed by atoms with Crippen molar-refractivity contribution >= 4 is 16.3 Å². The number of nitrogens with one attached hydrogen (secondary N) is 1. The first-order valence-corrected chi connectivity index (χ1v) is 16.9. The second-order valence-electron chi connectivity index (χ2n) is 11.2. The highest BCUT2D eigenvalue weighted by Gasteiger charge is 2.45. The van der Waals surface area contributed by atoms with Crippen LogP contribution in [0.4, 0.5) is 4.79 Å². The smallest absolute Gasteiger partial charge is 0.335 e. The van der Waals surface area contributed by atoms with E-state index in [-0.39, 0.29) is 19.2 Å². The zero-order chi connectivity index (χ0) is 31.1. The van der Waals surface area contributed by atoms with Crippen molar-refractivity contribution in [1.29, 1.82) is 0 Å². The molecule has 0 radical (unpaired) electrons. The molecule has 0 aromatic heterocycles. The Kier molecular flexibility index (Phi) is 14.9. The first-order chi connectivity index (χ1) is 20.8. The maximum absolute atomic E-state index is 14.4. The van der Waals surface area contributed by atoms with Crippen molar-refractivity contribution in [2.24, 2.45) is 0 Å². The molecule has 0 unspecified atom stereocenters. The van der Waals surface area contributed by atoms with Crippen molar-refractivity contribution in [3.05, 3.63) is 71.8 Å². The summed E-state index contributed by atoms with van der Waals surface area (Å²) in [6.07, 6.45) is 4.35. The minimum absolute atomic E-state index is 0.0819. The molecule has 4 N–H and O–H groups in total. The summed E-state index contributed by atoms with van der Waals surface area (Å²) in [6.45, 7) is 1.06. The standard InChI is InChI=1S/C32H49N3O7S/c1-33-43(40,41)42-23-15-5-3-13-21-35-29(25-27-18-10-7-11-19-27)31(38)30(37)28(24-26-16-8-6-9-17-26)34(32(35)39)20-12-2-4-14-22-36/h6-11,16-19,28-31,33,36-38H,2-5,12-15,20-25H2,1H3/t28-,29-,30+,31+/m1/s1. The lowest BCUT2D eigenvalue weighted by Crippen LogP contribution is -2.51. The van der Waals surface area contributed by atoms with E-state index in [0.717, 1.165) is 43.2 Å². The van der Waals surface area contributed by atoms with Crippen LogP contribution in [0.1, 0.15) is 62.5 Å². The van der Waals surface area contributed by atoms with Gasteiger partial charge in [0.2, 0.25) is 0 Å². The van der Waals surface area contributed by atoms with Crippen LogP contribution in [-0.2, 0) is 27.3 Å². The first-order valence-electron chi connectivity index (χ1n) is 15.5. The van der Waals surface area contributed by atoms with Gasteiger partial charge >= 0.3 is 16.3 Å². The summed E-state index contributed by atoms with van der Waals surface area (Å²) >= 11 is 0. The lowest BCUT2D eigenvalue weighted by Gasteiger charge is -2.36. The van der Waals surface area contributed by atoms with Crippen molar-refractivity contribution in [2.45, 2.75) is 88.5 Å². The summed E-state index contributed by atoms with van der Waals surface area (Å²) in [5.74, 6) is 0. The second kappa shape index (κ2) is 18.3. The van der Waals surface area contributed by atoms with Crippen molar-refractivity contribution in [3.8, 4) is 0 Å². The molecule has 1 aliphatic rings. The van der Waals surface area contributed by atoms with Gasteiger partial charge in [-0.25, -0.2) is 4.79 Å². The second-order valence-corrected chi connectivity index (χ2v) is 12.7. The average molecular weight is 620 g/mol. The number of unbranched alkanes of at least 4 members (excludes halogenated alkanes) is 6. The van der Waals surface area contributed by atoms with E-state index in [1.54, 1.807) is 9.80 Å². The fourth-order valence-corrected chi connectivity index (χ4v) is 6.14. The van der Waals surface area contributed by atoms with Gasteiger partial charge in [-0.05, 0) is 49.7 Å². The van der Waals surface area contributed by atoms with E-state index < -0.39 is 34.6 Å². The predicted octanol–water partition coefficient (Wildman–Crippen LogP) is 3.26. The number of carbonyl (C=O) groups excluding carboxylic acids is 1. The van der Waals surface area contributed by atoms with E-state index in [9.17, 15) is 28.5 Å². The highest BCUT2D eigenvalue weighted by molar-refractivity contribution is 7.84. The number of hydrogen-bond acceptors (Lipinski definition) is 7. The SMILES string of the molecule is CNS(=O)(=O)OCCCCCCN1C(=O)N(CCCCCCO)[C@H](Cc2ccccc2)[C@H](O)[C@@H](O)[C@H]1Cc1ccccc1. The van der Waals surface area contributed by atoms with Crippen molar-refractivity contribution < 1.29 is 32.7 Å². The Morgan fingerprint density at radius 1 is 0.721 bits per heavy atom. The van der Waals surface area contributed by atoms with E-state index in [0.29, 0.717) is 45.2 Å².